The second-order valence-electron chi connectivity index (χ2n) is 5.45. The Balaban J connectivity index is 2.08. The van der Waals surface area contributed by atoms with E-state index in [4.69, 9.17) is 4.74 Å². The van der Waals surface area contributed by atoms with E-state index in [1.807, 2.05) is 13.0 Å². The highest BCUT2D eigenvalue weighted by Crippen LogP contribution is 2.28. The average Bonchev–Trinajstić information content (AvgIpc) is 2.76. The summed E-state index contributed by atoms with van der Waals surface area (Å²) in [7, 11) is 1.58. The van der Waals surface area contributed by atoms with Crippen LogP contribution in [0.5, 0.6) is 11.5 Å². The summed E-state index contributed by atoms with van der Waals surface area (Å²) in [5.41, 5.74) is 1.53. The zero-order valence-corrected chi connectivity index (χ0v) is 12.7. The number of rotatable bonds is 4. The normalized spacial score (nSPS) is 16.6. The van der Waals surface area contributed by atoms with Crippen LogP contribution in [-0.4, -0.2) is 18.1 Å². The van der Waals surface area contributed by atoms with Crippen molar-refractivity contribution in [3.8, 4) is 11.5 Å². The predicted octanol–water partition coefficient (Wildman–Crippen LogP) is 3.47. The first-order valence-corrected chi connectivity index (χ1v) is 7.48. The minimum absolute atomic E-state index is 0.0355. The lowest BCUT2D eigenvalue weighted by Gasteiger charge is -2.17. The van der Waals surface area contributed by atoms with Crippen molar-refractivity contribution in [3.63, 3.8) is 0 Å². The number of hydrogen-bond acceptors (Lipinski definition) is 3. The maximum absolute atomic E-state index is 12.3. The highest BCUT2D eigenvalue weighted by Gasteiger charge is 2.17. The maximum atomic E-state index is 12.3. The quantitative estimate of drug-likeness (QED) is 0.892. The third-order valence-electron chi connectivity index (χ3n) is 3.88. The number of carbonyl (C=O) groups excluding carboxylic acids is 1. The number of nitrogens with one attached hydrogen (secondary N) is 1. The van der Waals surface area contributed by atoms with Gasteiger partial charge in [0, 0.05) is 11.1 Å². The Kier molecular flexibility index (Phi) is 5.26. The van der Waals surface area contributed by atoms with Gasteiger partial charge in [-0.1, -0.05) is 12.5 Å². The molecule has 1 amide bonds. The van der Waals surface area contributed by atoms with E-state index in [1.165, 1.54) is 6.42 Å². The zero-order valence-electron chi connectivity index (χ0n) is 12.7. The SMILES string of the molecule is COc1ccc(O)c([C@H](C)NC(=O)C2=CCCCCC2)c1. The van der Waals surface area contributed by atoms with Gasteiger partial charge in [-0.05, 0) is 50.8 Å². The number of carbonyl (C=O) groups is 1. The van der Waals surface area contributed by atoms with E-state index in [1.54, 1.807) is 25.3 Å². The van der Waals surface area contributed by atoms with Gasteiger partial charge in [0.25, 0.3) is 0 Å². The lowest BCUT2D eigenvalue weighted by molar-refractivity contribution is -0.118. The van der Waals surface area contributed by atoms with E-state index in [-0.39, 0.29) is 17.7 Å². The predicted molar refractivity (Wildman–Crippen MR) is 82.4 cm³/mol. The number of benzene rings is 1. The van der Waals surface area contributed by atoms with Crippen LogP contribution >= 0.6 is 0 Å². The zero-order chi connectivity index (χ0) is 15.2. The second-order valence-corrected chi connectivity index (χ2v) is 5.45. The molecular formula is C17H23NO3. The third-order valence-corrected chi connectivity index (χ3v) is 3.88. The molecule has 0 saturated carbocycles. The van der Waals surface area contributed by atoms with Crippen LogP contribution < -0.4 is 10.1 Å². The molecule has 0 saturated heterocycles. The number of hydrogen-bond donors (Lipinski definition) is 2. The van der Waals surface area contributed by atoms with Crippen molar-refractivity contribution in [3.05, 3.63) is 35.4 Å². The van der Waals surface area contributed by atoms with Gasteiger partial charge in [0.2, 0.25) is 5.91 Å². The van der Waals surface area contributed by atoms with Gasteiger partial charge < -0.3 is 15.2 Å². The van der Waals surface area contributed by atoms with E-state index >= 15 is 0 Å². The molecule has 0 unspecified atom stereocenters. The number of aromatic hydroxyl groups is 1. The topological polar surface area (TPSA) is 58.6 Å². The van der Waals surface area contributed by atoms with Gasteiger partial charge in [-0.25, -0.2) is 0 Å². The summed E-state index contributed by atoms with van der Waals surface area (Å²) in [4.78, 5) is 12.3. The Hall–Kier alpha value is -1.97. The van der Waals surface area contributed by atoms with Crippen LogP contribution in [0.2, 0.25) is 0 Å². The molecule has 2 rings (SSSR count). The minimum Gasteiger partial charge on any atom is -0.508 e. The largest absolute Gasteiger partial charge is 0.508 e. The molecule has 0 aliphatic heterocycles. The van der Waals surface area contributed by atoms with Crippen molar-refractivity contribution < 1.29 is 14.6 Å². The minimum atomic E-state index is -0.267. The van der Waals surface area contributed by atoms with Crippen molar-refractivity contribution in [2.45, 2.75) is 45.1 Å². The summed E-state index contributed by atoms with van der Waals surface area (Å²) in [5.74, 6) is 0.794. The standard InChI is InChI=1S/C17H23NO3/c1-12(15-11-14(21-2)9-10-16(15)19)18-17(20)13-7-5-3-4-6-8-13/h7,9-12,19H,3-6,8H2,1-2H3,(H,18,20)/t12-/m0/s1. The molecule has 1 aliphatic carbocycles. The summed E-state index contributed by atoms with van der Waals surface area (Å²) in [5, 5.41) is 12.9. The van der Waals surface area contributed by atoms with Crippen molar-refractivity contribution >= 4 is 5.91 Å². The number of allylic oxidation sites excluding steroid dienone is 1. The molecule has 0 spiro atoms. The Bertz CT molecular complexity index is 537. The van der Waals surface area contributed by atoms with E-state index in [9.17, 15) is 9.90 Å². The third kappa shape index (κ3) is 4.00. The number of phenols is 1. The smallest absolute Gasteiger partial charge is 0.247 e. The first kappa shape index (κ1) is 15.4. The lowest BCUT2D eigenvalue weighted by atomic mass is 10.0. The van der Waals surface area contributed by atoms with Gasteiger partial charge in [-0.15, -0.1) is 0 Å². The second kappa shape index (κ2) is 7.16. The monoisotopic (exact) mass is 289 g/mol. The van der Waals surface area contributed by atoms with Crippen LogP contribution in [-0.2, 0) is 4.79 Å². The molecule has 1 aromatic carbocycles. The molecule has 2 N–H and O–H groups in total. The van der Waals surface area contributed by atoms with Crippen molar-refractivity contribution in [2.75, 3.05) is 7.11 Å². The summed E-state index contributed by atoms with van der Waals surface area (Å²) in [6, 6.07) is 4.77. The van der Waals surface area contributed by atoms with E-state index in [0.29, 0.717) is 11.3 Å². The first-order valence-electron chi connectivity index (χ1n) is 7.48. The molecule has 21 heavy (non-hydrogen) atoms. The molecular weight excluding hydrogens is 266 g/mol. The maximum Gasteiger partial charge on any atom is 0.247 e. The van der Waals surface area contributed by atoms with Crippen molar-refractivity contribution in [1.29, 1.82) is 0 Å². The highest BCUT2D eigenvalue weighted by molar-refractivity contribution is 5.93. The molecule has 0 heterocycles. The average molecular weight is 289 g/mol. The fourth-order valence-corrected chi connectivity index (χ4v) is 2.59. The molecule has 1 atom stereocenters. The summed E-state index contributed by atoms with van der Waals surface area (Å²) >= 11 is 0. The fourth-order valence-electron chi connectivity index (χ4n) is 2.59. The van der Waals surface area contributed by atoms with Crippen molar-refractivity contribution in [2.24, 2.45) is 0 Å². The number of ether oxygens (including phenoxy) is 1. The Morgan fingerprint density at radius 3 is 2.90 bits per heavy atom. The molecule has 114 valence electrons. The number of amides is 1. The number of phenolic OH excluding ortho intramolecular Hbond substituents is 1. The van der Waals surface area contributed by atoms with Gasteiger partial charge in [0.1, 0.15) is 11.5 Å². The van der Waals surface area contributed by atoms with Gasteiger partial charge in [-0.2, -0.15) is 0 Å². The lowest BCUT2D eigenvalue weighted by Crippen LogP contribution is -2.28. The summed E-state index contributed by atoms with van der Waals surface area (Å²) in [6.07, 6.45) is 7.26. The fraction of sp³-hybridized carbons (Fsp3) is 0.471. The first-order chi connectivity index (χ1) is 10.1. The molecule has 0 bridgehead atoms. The van der Waals surface area contributed by atoms with Crippen LogP contribution in [0, 0.1) is 0 Å². The van der Waals surface area contributed by atoms with Crippen LogP contribution in [0.3, 0.4) is 0 Å². The van der Waals surface area contributed by atoms with Crippen LogP contribution in [0.4, 0.5) is 0 Å². The Labute approximate surface area is 125 Å². The van der Waals surface area contributed by atoms with Gasteiger partial charge in [0.15, 0.2) is 0 Å². The number of methoxy groups -OCH3 is 1. The molecule has 4 heteroatoms. The molecule has 0 aromatic heterocycles. The molecule has 4 nitrogen and oxygen atoms in total. The van der Waals surface area contributed by atoms with Crippen molar-refractivity contribution in [1.82, 2.24) is 5.32 Å². The molecule has 1 aromatic rings. The summed E-state index contributed by atoms with van der Waals surface area (Å²) < 4.78 is 5.16. The molecule has 0 radical (unpaired) electrons. The molecule has 1 aliphatic rings. The Morgan fingerprint density at radius 1 is 1.33 bits per heavy atom. The van der Waals surface area contributed by atoms with Gasteiger partial charge in [0.05, 0.1) is 13.2 Å². The van der Waals surface area contributed by atoms with Gasteiger partial charge in [-0.3, -0.25) is 4.79 Å². The van der Waals surface area contributed by atoms with E-state index in [2.05, 4.69) is 5.32 Å². The van der Waals surface area contributed by atoms with Crippen LogP contribution in [0.1, 0.15) is 50.6 Å². The molecule has 0 fully saturated rings. The van der Waals surface area contributed by atoms with Crippen LogP contribution in [0.25, 0.3) is 0 Å². The van der Waals surface area contributed by atoms with Gasteiger partial charge >= 0.3 is 0 Å². The highest BCUT2D eigenvalue weighted by atomic mass is 16.5. The summed E-state index contributed by atoms with van der Waals surface area (Å²) in [6.45, 7) is 1.86. The van der Waals surface area contributed by atoms with E-state index < -0.39 is 0 Å². The van der Waals surface area contributed by atoms with Crippen LogP contribution in [0.15, 0.2) is 29.8 Å². The van der Waals surface area contributed by atoms with E-state index in [0.717, 1.165) is 31.3 Å². The Morgan fingerprint density at radius 2 is 2.14 bits per heavy atom.